The highest BCUT2D eigenvalue weighted by atomic mass is 16.5. The Morgan fingerprint density at radius 3 is 2.32 bits per heavy atom. The van der Waals surface area contributed by atoms with Crippen molar-refractivity contribution in [3.8, 4) is 11.5 Å². The van der Waals surface area contributed by atoms with Gasteiger partial charge in [0.1, 0.15) is 0 Å². The monoisotopic (exact) mass is 425 g/mol. The summed E-state index contributed by atoms with van der Waals surface area (Å²) in [7, 11) is 3.19. The Morgan fingerprint density at radius 1 is 1.06 bits per heavy atom. The number of nitrogens with one attached hydrogen (secondary N) is 2. The van der Waals surface area contributed by atoms with Gasteiger partial charge in [-0.05, 0) is 62.6 Å². The number of fused-ring (bicyclic) bond motifs is 1. The first-order chi connectivity index (χ1) is 14.7. The third kappa shape index (κ3) is 5.29. The maximum absolute atomic E-state index is 13.1. The lowest BCUT2D eigenvalue weighted by molar-refractivity contribution is 0.0932. The molecule has 2 aromatic carbocycles. The Hall–Kier alpha value is -3.22. The summed E-state index contributed by atoms with van der Waals surface area (Å²) in [5, 5.41) is 6.03. The van der Waals surface area contributed by atoms with Crippen LogP contribution in [-0.2, 0) is 6.42 Å². The van der Waals surface area contributed by atoms with Gasteiger partial charge in [-0.2, -0.15) is 0 Å². The van der Waals surface area contributed by atoms with Crippen LogP contribution in [0.1, 0.15) is 48.3 Å². The molecule has 31 heavy (non-hydrogen) atoms. The molecule has 0 aromatic heterocycles. The first-order valence-electron chi connectivity index (χ1n) is 10.4. The molecule has 0 unspecified atom stereocenters. The fourth-order valence-electron chi connectivity index (χ4n) is 3.76. The highest BCUT2D eigenvalue weighted by Gasteiger charge is 2.33. The molecule has 1 atom stereocenters. The summed E-state index contributed by atoms with van der Waals surface area (Å²) in [5.74, 6) is 1.07. The predicted octanol–water partition coefficient (Wildman–Crippen LogP) is 3.54. The molecule has 166 valence electrons. The molecule has 0 radical (unpaired) electrons. The first kappa shape index (κ1) is 22.5. The maximum atomic E-state index is 13.1. The summed E-state index contributed by atoms with van der Waals surface area (Å²) >= 11 is 0. The van der Waals surface area contributed by atoms with E-state index in [0.717, 1.165) is 11.1 Å². The van der Waals surface area contributed by atoms with Gasteiger partial charge in [0.25, 0.3) is 5.91 Å². The Labute approximate surface area is 183 Å². The molecule has 1 heterocycles. The second kappa shape index (κ2) is 9.29. The van der Waals surface area contributed by atoms with Gasteiger partial charge >= 0.3 is 6.03 Å². The van der Waals surface area contributed by atoms with E-state index >= 15 is 0 Å². The van der Waals surface area contributed by atoms with Crippen molar-refractivity contribution in [1.29, 1.82) is 0 Å². The molecule has 0 fully saturated rings. The second-order valence-corrected chi connectivity index (χ2v) is 8.62. The summed E-state index contributed by atoms with van der Waals surface area (Å²) in [6, 6.07) is 12.4. The molecule has 1 aliphatic heterocycles. The molecular formula is C24H31N3O4. The number of nitrogens with zero attached hydrogens (tertiary/aromatic N) is 1. The Morgan fingerprint density at radius 2 is 1.71 bits per heavy atom. The summed E-state index contributed by atoms with van der Waals surface area (Å²) < 4.78 is 10.9. The van der Waals surface area contributed by atoms with E-state index in [-0.39, 0.29) is 30.1 Å². The first-order valence-corrected chi connectivity index (χ1v) is 10.4. The fourth-order valence-corrected chi connectivity index (χ4v) is 3.76. The molecule has 0 bridgehead atoms. The van der Waals surface area contributed by atoms with E-state index < -0.39 is 0 Å². The van der Waals surface area contributed by atoms with Gasteiger partial charge in [0.05, 0.1) is 20.3 Å². The van der Waals surface area contributed by atoms with Crippen LogP contribution in [0.25, 0.3) is 0 Å². The van der Waals surface area contributed by atoms with E-state index in [0.29, 0.717) is 30.0 Å². The van der Waals surface area contributed by atoms with Crippen molar-refractivity contribution in [2.75, 3.05) is 27.3 Å². The number of amides is 3. The standard InChI is InChI=1S/C24H31N3O4/c1-24(2,3)26-23(29)27-12-11-17-13-20(30-4)21(31-5)14-18(17)19(27)15-25-22(28)16-9-7-6-8-10-16/h6-10,13-14,19H,11-12,15H2,1-5H3,(H,25,28)(H,26,29)/t19-/m0/s1. The Balaban J connectivity index is 1.92. The number of benzene rings is 2. The molecule has 3 amide bonds. The van der Waals surface area contributed by atoms with Crippen molar-refractivity contribution in [2.45, 2.75) is 38.8 Å². The lowest BCUT2D eigenvalue weighted by atomic mass is 9.91. The van der Waals surface area contributed by atoms with Crippen LogP contribution in [0.5, 0.6) is 11.5 Å². The average molecular weight is 426 g/mol. The third-order valence-corrected chi connectivity index (χ3v) is 5.24. The number of rotatable bonds is 5. The smallest absolute Gasteiger partial charge is 0.318 e. The molecule has 7 heteroatoms. The van der Waals surface area contributed by atoms with Crippen molar-refractivity contribution >= 4 is 11.9 Å². The van der Waals surface area contributed by atoms with Crippen LogP contribution in [-0.4, -0.2) is 49.7 Å². The van der Waals surface area contributed by atoms with E-state index in [1.807, 2.05) is 51.1 Å². The van der Waals surface area contributed by atoms with Crippen LogP contribution in [0.3, 0.4) is 0 Å². The van der Waals surface area contributed by atoms with Crippen LogP contribution in [0, 0.1) is 0 Å². The lowest BCUT2D eigenvalue weighted by Crippen LogP contribution is -2.53. The summed E-state index contributed by atoms with van der Waals surface area (Å²) in [4.78, 5) is 27.5. The summed E-state index contributed by atoms with van der Waals surface area (Å²) in [6.07, 6.45) is 0.691. The van der Waals surface area contributed by atoms with Gasteiger partial charge in [0, 0.05) is 24.2 Å². The summed E-state index contributed by atoms with van der Waals surface area (Å²) in [6.45, 7) is 6.67. The van der Waals surface area contributed by atoms with Gasteiger partial charge in [-0.15, -0.1) is 0 Å². The minimum absolute atomic E-state index is 0.160. The number of ether oxygens (including phenoxy) is 2. The molecule has 0 aliphatic carbocycles. The predicted molar refractivity (Wildman–Crippen MR) is 120 cm³/mol. The quantitative estimate of drug-likeness (QED) is 0.768. The normalized spacial score (nSPS) is 15.6. The fraction of sp³-hybridized carbons (Fsp3) is 0.417. The zero-order chi connectivity index (χ0) is 22.6. The molecule has 0 spiro atoms. The lowest BCUT2D eigenvalue weighted by Gasteiger charge is -2.39. The highest BCUT2D eigenvalue weighted by Crippen LogP contribution is 2.38. The van der Waals surface area contributed by atoms with Crippen LogP contribution in [0.15, 0.2) is 42.5 Å². The number of carbonyl (C=O) groups excluding carboxylic acids is 2. The second-order valence-electron chi connectivity index (χ2n) is 8.62. The molecule has 2 aromatic rings. The maximum Gasteiger partial charge on any atom is 0.318 e. The van der Waals surface area contributed by atoms with E-state index in [1.54, 1.807) is 31.3 Å². The largest absolute Gasteiger partial charge is 0.493 e. The van der Waals surface area contributed by atoms with Gasteiger partial charge in [0.2, 0.25) is 0 Å². The zero-order valence-corrected chi connectivity index (χ0v) is 18.8. The molecule has 2 N–H and O–H groups in total. The topological polar surface area (TPSA) is 79.9 Å². The van der Waals surface area contributed by atoms with Gasteiger partial charge in [0.15, 0.2) is 11.5 Å². The zero-order valence-electron chi connectivity index (χ0n) is 18.8. The van der Waals surface area contributed by atoms with E-state index in [4.69, 9.17) is 9.47 Å². The van der Waals surface area contributed by atoms with Crippen molar-refractivity contribution < 1.29 is 19.1 Å². The van der Waals surface area contributed by atoms with Crippen LogP contribution < -0.4 is 20.1 Å². The van der Waals surface area contributed by atoms with Crippen molar-refractivity contribution in [1.82, 2.24) is 15.5 Å². The molecule has 3 rings (SSSR count). The average Bonchev–Trinajstić information content (AvgIpc) is 2.75. The Kier molecular flexibility index (Phi) is 6.73. The minimum atomic E-state index is -0.368. The van der Waals surface area contributed by atoms with Gasteiger partial charge in [-0.1, -0.05) is 18.2 Å². The van der Waals surface area contributed by atoms with Gasteiger partial charge < -0.3 is 25.0 Å². The number of carbonyl (C=O) groups is 2. The van der Waals surface area contributed by atoms with Crippen LogP contribution in [0.4, 0.5) is 4.79 Å². The number of hydrogen-bond acceptors (Lipinski definition) is 4. The minimum Gasteiger partial charge on any atom is -0.493 e. The van der Waals surface area contributed by atoms with E-state index in [9.17, 15) is 9.59 Å². The number of urea groups is 1. The third-order valence-electron chi connectivity index (χ3n) is 5.24. The van der Waals surface area contributed by atoms with Crippen molar-refractivity contribution in [2.24, 2.45) is 0 Å². The van der Waals surface area contributed by atoms with Crippen LogP contribution >= 0.6 is 0 Å². The molecular weight excluding hydrogens is 394 g/mol. The number of methoxy groups -OCH3 is 2. The van der Waals surface area contributed by atoms with Gasteiger partial charge in [-0.3, -0.25) is 4.79 Å². The van der Waals surface area contributed by atoms with Crippen LogP contribution in [0.2, 0.25) is 0 Å². The molecule has 0 saturated carbocycles. The van der Waals surface area contributed by atoms with E-state index in [1.165, 1.54) is 0 Å². The molecule has 7 nitrogen and oxygen atoms in total. The van der Waals surface area contributed by atoms with Crippen molar-refractivity contribution in [3.05, 3.63) is 59.2 Å². The van der Waals surface area contributed by atoms with Crippen molar-refractivity contribution in [3.63, 3.8) is 0 Å². The molecule has 1 aliphatic rings. The Bertz CT molecular complexity index is 938. The number of hydrogen-bond donors (Lipinski definition) is 2. The molecule has 0 saturated heterocycles. The van der Waals surface area contributed by atoms with E-state index in [2.05, 4.69) is 10.6 Å². The summed E-state index contributed by atoms with van der Waals surface area (Å²) in [5.41, 5.74) is 2.24. The highest BCUT2D eigenvalue weighted by molar-refractivity contribution is 5.94. The van der Waals surface area contributed by atoms with Gasteiger partial charge in [-0.25, -0.2) is 4.79 Å². The SMILES string of the molecule is COc1cc2c(cc1OC)[C@H](CNC(=O)c1ccccc1)N(C(=O)NC(C)(C)C)CC2.